The third-order valence-corrected chi connectivity index (χ3v) is 8.71. The average molecular weight is 584 g/mol. The third kappa shape index (κ3) is 4.28. The Balaban J connectivity index is 1.66. The largest absolute Gasteiger partial charge is 0.510 e. The number of anilines is 1. The van der Waals surface area contributed by atoms with Crippen LogP contribution in [0.1, 0.15) is 22.3 Å². The summed E-state index contributed by atoms with van der Waals surface area (Å²) in [4.78, 5) is 40.8. The van der Waals surface area contributed by atoms with E-state index in [2.05, 4.69) is 4.72 Å². The zero-order valence-corrected chi connectivity index (χ0v) is 23.2. The number of hydrogen-bond donors (Lipinski definition) is 6. The lowest BCUT2D eigenvalue weighted by Gasteiger charge is -2.50. The number of nitrogens with two attached hydrogens (primary N) is 1. The van der Waals surface area contributed by atoms with E-state index < -0.39 is 68.1 Å². The number of benzene rings is 2. The van der Waals surface area contributed by atoms with Gasteiger partial charge in [0, 0.05) is 17.2 Å². The average Bonchev–Trinajstić information content (AvgIpc) is 2.85. The second kappa shape index (κ2) is 9.43. The molecule has 0 unspecified atom stereocenters. The number of amides is 1. The molecule has 216 valence electrons. The minimum absolute atomic E-state index is 0.0297. The van der Waals surface area contributed by atoms with Crippen molar-refractivity contribution < 1.29 is 43.2 Å². The summed E-state index contributed by atoms with van der Waals surface area (Å²) in [7, 11) is -0.371. The second-order valence-corrected chi connectivity index (χ2v) is 12.6. The number of fused-ring (bicyclic) bond motifs is 3. The number of nitrogens with one attached hydrogen (secondary N) is 1. The van der Waals surface area contributed by atoms with E-state index in [-0.39, 0.29) is 29.7 Å². The number of phenolic OH excluding ortho intramolecular Hbond substituents is 1. The molecule has 0 spiro atoms. The third-order valence-electron chi connectivity index (χ3n) is 8.11. The molecule has 0 saturated heterocycles. The first-order valence-corrected chi connectivity index (χ1v) is 14.5. The molecule has 2 aromatic rings. The highest BCUT2D eigenvalue weighted by molar-refractivity contribution is 7.92. The van der Waals surface area contributed by atoms with Crippen LogP contribution in [0.2, 0.25) is 0 Å². The van der Waals surface area contributed by atoms with Gasteiger partial charge in [0.25, 0.3) is 5.91 Å². The molecule has 7 N–H and O–H groups in total. The molecule has 12 nitrogen and oxygen atoms in total. The van der Waals surface area contributed by atoms with Crippen molar-refractivity contribution in [3.63, 3.8) is 0 Å². The molecule has 0 fully saturated rings. The Hall–Kier alpha value is -4.20. The van der Waals surface area contributed by atoms with Gasteiger partial charge < -0.3 is 26.2 Å². The summed E-state index contributed by atoms with van der Waals surface area (Å²) >= 11 is 0. The Morgan fingerprint density at radius 1 is 1.07 bits per heavy atom. The highest BCUT2D eigenvalue weighted by atomic mass is 32.2. The minimum atomic E-state index is -3.49. The number of nitrogens with zero attached hydrogens (tertiary/aromatic N) is 1. The predicted molar refractivity (Wildman–Crippen MR) is 148 cm³/mol. The number of rotatable bonds is 5. The molecule has 0 aromatic heterocycles. The molecule has 13 heteroatoms. The van der Waals surface area contributed by atoms with Crippen molar-refractivity contribution in [2.24, 2.45) is 17.6 Å². The van der Waals surface area contributed by atoms with Crippen molar-refractivity contribution in [1.82, 2.24) is 4.90 Å². The number of carbonyl (C=O) groups is 3. The zero-order valence-electron chi connectivity index (χ0n) is 22.4. The van der Waals surface area contributed by atoms with Gasteiger partial charge in [-0.3, -0.25) is 24.0 Å². The lowest BCUT2D eigenvalue weighted by Crippen LogP contribution is -2.63. The fourth-order valence-corrected chi connectivity index (χ4v) is 7.02. The Kier molecular flexibility index (Phi) is 6.52. The molecular weight excluding hydrogens is 554 g/mol. The Morgan fingerprint density at radius 3 is 2.27 bits per heavy atom. The number of ketones is 2. The molecule has 0 aliphatic heterocycles. The number of sulfonamides is 1. The van der Waals surface area contributed by atoms with Gasteiger partial charge in [-0.1, -0.05) is 18.2 Å². The quantitative estimate of drug-likeness (QED) is 0.277. The highest BCUT2D eigenvalue weighted by Gasteiger charge is 2.63. The number of allylic oxidation sites excluding steroid dienone is 1. The van der Waals surface area contributed by atoms with Crippen molar-refractivity contribution >= 4 is 33.2 Å². The summed E-state index contributed by atoms with van der Waals surface area (Å²) in [6, 6.07) is 8.27. The minimum Gasteiger partial charge on any atom is -0.510 e. The molecule has 0 radical (unpaired) electrons. The first kappa shape index (κ1) is 28.3. The molecule has 2 aromatic carbocycles. The number of aromatic hydroxyl groups is 1. The Morgan fingerprint density at radius 2 is 1.71 bits per heavy atom. The van der Waals surface area contributed by atoms with Crippen LogP contribution in [0.15, 0.2) is 59.1 Å². The smallest absolute Gasteiger partial charge is 0.255 e. The van der Waals surface area contributed by atoms with E-state index in [0.29, 0.717) is 22.4 Å². The topological polar surface area (TPSA) is 208 Å². The lowest BCUT2D eigenvalue weighted by atomic mass is 9.58. The van der Waals surface area contributed by atoms with E-state index in [1.54, 1.807) is 44.4 Å². The maximum absolute atomic E-state index is 13.9. The molecule has 0 bridgehead atoms. The van der Waals surface area contributed by atoms with Gasteiger partial charge in [-0.2, -0.15) is 0 Å². The van der Waals surface area contributed by atoms with E-state index in [1.165, 1.54) is 11.0 Å². The van der Waals surface area contributed by atoms with Crippen molar-refractivity contribution in [2.45, 2.75) is 24.5 Å². The van der Waals surface area contributed by atoms with Crippen LogP contribution >= 0.6 is 0 Å². The van der Waals surface area contributed by atoms with Gasteiger partial charge >= 0.3 is 0 Å². The molecule has 4 atom stereocenters. The summed E-state index contributed by atoms with van der Waals surface area (Å²) in [5.41, 5.74) is 3.43. The number of Topliss-reactive ketones (excluding diaryl/α,β-unsaturated/α-hetero) is 2. The number of hydrogen-bond acceptors (Lipinski definition) is 10. The Labute approximate surface area is 235 Å². The normalized spacial score (nSPS) is 26.0. The van der Waals surface area contributed by atoms with Crippen LogP contribution in [0.25, 0.3) is 11.1 Å². The van der Waals surface area contributed by atoms with E-state index >= 15 is 0 Å². The van der Waals surface area contributed by atoms with Gasteiger partial charge in [0.05, 0.1) is 17.9 Å². The maximum atomic E-state index is 13.9. The maximum Gasteiger partial charge on any atom is 0.255 e. The Bertz CT molecular complexity index is 1690. The number of likely N-dealkylation sites (N-methyl/N-ethyl adjacent to an activating group) is 1. The van der Waals surface area contributed by atoms with E-state index in [9.17, 15) is 43.2 Å². The molecule has 5 rings (SSSR count). The molecule has 3 aliphatic rings. The molecule has 1 amide bonds. The van der Waals surface area contributed by atoms with Gasteiger partial charge in [0.15, 0.2) is 11.4 Å². The van der Waals surface area contributed by atoms with Gasteiger partial charge in [-0.15, -0.1) is 0 Å². The fraction of sp³-hybridized carbons (Fsp3) is 0.321. The van der Waals surface area contributed by atoms with Crippen LogP contribution in [0, 0.1) is 11.8 Å². The van der Waals surface area contributed by atoms with E-state index in [4.69, 9.17) is 5.73 Å². The summed E-state index contributed by atoms with van der Waals surface area (Å²) in [6.07, 6.45) is 1.12. The first-order valence-electron chi connectivity index (χ1n) is 12.7. The van der Waals surface area contributed by atoms with Crippen LogP contribution in [0.5, 0.6) is 5.75 Å². The van der Waals surface area contributed by atoms with Crippen molar-refractivity contribution in [3.05, 3.63) is 70.2 Å². The van der Waals surface area contributed by atoms with Gasteiger partial charge in [0.1, 0.15) is 22.8 Å². The zero-order chi connectivity index (χ0) is 30.2. The van der Waals surface area contributed by atoms with Crippen LogP contribution in [0.3, 0.4) is 0 Å². The summed E-state index contributed by atoms with van der Waals surface area (Å²) in [5.74, 6) is -7.15. The van der Waals surface area contributed by atoms with E-state index in [0.717, 1.165) is 6.26 Å². The number of phenols is 1. The van der Waals surface area contributed by atoms with Crippen molar-refractivity contribution in [1.29, 1.82) is 0 Å². The van der Waals surface area contributed by atoms with Crippen molar-refractivity contribution in [3.8, 4) is 16.9 Å². The van der Waals surface area contributed by atoms with Crippen LogP contribution < -0.4 is 10.5 Å². The number of aliphatic hydroxyl groups excluding tert-OH is 2. The lowest BCUT2D eigenvalue weighted by molar-refractivity contribution is -0.148. The number of primary amides is 1. The fourth-order valence-electron chi connectivity index (χ4n) is 6.45. The number of carbonyl (C=O) groups excluding carboxylic acids is 3. The van der Waals surface area contributed by atoms with Gasteiger partial charge in [-0.25, -0.2) is 8.42 Å². The van der Waals surface area contributed by atoms with E-state index in [1.807, 2.05) is 0 Å². The second-order valence-electron chi connectivity index (χ2n) is 10.9. The van der Waals surface area contributed by atoms with Gasteiger partial charge in [0.2, 0.25) is 15.8 Å². The molecule has 3 aliphatic carbocycles. The van der Waals surface area contributed by atoms with Gasteiger partial charge in [-0.05, 0) is 67.7 Å². The van der Waals surface area contributed by atoms with Crippen molar-refractivity contribution in [2.75, 3.05) is 25.1 Å². The highest BCUT2D eigenvalue weighted by Crippen LogP contribution is 2.53. The van der Waals surface area contributed by atoms with Crippen LogP contribution in [-0.2, 0) is 26.0 Å². The number of aliphatic hydroxyl groups is 3. The summed E-state index contributed by atoms with van der Waals surface area (Å²) < 4.78 is 25.5. The molecule has 41 heavy (non-hydrogen) atoms. The van der Waals surface area contributed by atoms with Crippen LogP contribution in [0.4, 0.5) is 5.69 Å². The molecular formula is C28H29N3O9S. The standard InChI is InChI=1S/C28H29N3O9S/c1-31(2)22-17-11-13-10-16-15(12-4-6-14(7-5-12)30-41(3,39)40)8-9-18(32)20(16)23(33)19(13)25(35)28(17,38)26(36)21(24(22)34)27(29)37/h4-9,13,17,22,30,32,34-35,38H,10-11H2,1-3H3,(H2,29,37)/t13-,17-,22-,28-/m0/s1. The summed E-state index contributed by atoms with van der Waals surface area (Å²) in [6.45, 7) is 0. The first-order chi connectivity index (χ1) is 19.1. The van der Waals surface area contributed by atoms with Crippen LogP contribution in [-0.4, -0.2) is 83.2 Å². The molecule has 0 heterocycles. The monoisotopic (exact) mass is 583 g/mol. The predicted octanol–water partition coefficient (Wildman–Crippen LogP) is 1.16. The summed E-state index contributed by atoms with van der Waals surface area (Å²) in [5, 5.41) is 44.7. The SMILES string of the molecule is CN(C)[C@@H]1C(O)=C(C(N)=O)C(=O)[C@@]2(O)C(O)=C3C(=O)c4c(O)ccc(-c5ccc(NS(C)(=O)=O)cc5)c4C[C@H]3C[C@@H]12. The molecule has 0 saturated carbocycles.